The Morgan fingerprint density at radius 1 is 0.472 bits per heavy atom. The minimum atomic E-state index is -0.911. The monoisotopic (exact) mass is 720 g/mol. The van der Waals surface area contributed by atoms with Crippen molar-refractivity contribution in [1.29, 1.82) is 0 Å². The first kappa shape index (κ1) is 40.1. The number of nitrogens with one attached hydrogen (secondary N) is 4. The summed E-state index contributed by atoms with van der Waals surface area (Å²) in [4.78, 5) is 53.9. The van der Waals surface area contributed by atoms with Crippen molar-refractivity contribution in [1.82, 2.24) is 21.3 Å². The minimum absolute atomic E-state index is 0.0637. The molecule has 0 spiro atoms. The third-order valence-electron chi connectivity index (χ3n) is 8.90. The van der Waals surface area contributed by atoms with Crippen molar-refractivity contribution in [2.24, 2.45) is 11.8 Å². The zero-order valence-electron chi connectivity index (χ0n) is 31.0. The van der Waals surface area contributed by atoms with Gasteiger partial charge >= 0.3 is 12.2 Å². The van der Waals surface area contributed by atoms with Gasteiger partial charge in [0.25, 0.3) is 0 Å². The summed E-state index contributed by atoms with van der Waals surface area (Å²) < 4.78 is 10.9. The SMILES string of the molecule is CC(C)[C@H](NC(=O)OCc1ccccc1)C(=O)NC(CCc1ccccc1)C(Cc1ccccc1)NC(=O)[C@@H](NC(=O)OCc1ccccc1)C(C)C. The van der Waals surface area contributed by atoms with Crippen LogP contribution < -0.4 is 21.3 Å². The van der Waals surface area contributed by atoms with Gasteiger partial charge in [-0.1, -0.05) is 149 Å². The van der Waals surface area contributed by atoms with Crippen molar-refractivity contribution < 1.29 is 28.7 Å². The molecule has 0 aliphatic carbocycles. The van der Waals surface area contributed by atoms with E-state index in [2.05, 4.69) is 21.3 Å². The van der Waals surface area contributed by atoms with Gasteiger partial charge in [-0.3, -0.25) is 9.59 Å². The fraction of sp³-hybridized carbons (Fsp3) is 0.349. The lowest BCUT2D eigenvalue weighted by Gasteiger charge is -2.33. The van der Waals surface area contributed by atoms with Crippen LogP contribution in [0.25, 0.3) is 0 Å². The van der Waals surface area contributed by atoms with E-state index in [1.807, 2.05) is 149 Å². The molecule has 0 aliphatic heterocycles. The molecule has 4 amide bonds. The van der Waals surface area contributed by atoms with Gasteiger partial charge in [-0.15, -0.1) is 0 Å². The van der Waals surface area contributed by atoms with Crippen LogP contribution in [-0.2, 0) is 45.1 Å². The van der Waals surface area contributed by atoms with Gasteiger partial charge in [0.2, 0.25) is 11.8 Å². The van der Waals surface area contributed by atoms with E-state index >= 15 is 0 Å². The summed E-state index contributed by atoms with van der Waals surface area (Å²) >= 11 is 0. The molecule has 4 atom stereocenters. The van der Waals surface area contributed by atoms with E-state index < -0.39 is 48.2 Å². The van der Waals surface area contributed by atoms with Crippen LogP contribution in [0.5, 0.6) is 0 Å². The Kier molecular flexibility index (Phi) is 15.9. The zero-order valence-corrected chi connectivity index (χ0v) is 31.0. The normalized spacial score (nSPS) is 13.2. The summed E-state index contributed by atoms with van der Waals surface area (Å²) in [6.07, 6.45) is 0.0807. The van der Waals surface area contributed by atoms with Gasteiger partial charge < -0.3 is 30.7 Å². The van der Waals surface area contributed by atoms with Crippen LogP contribution in [0.2, 0.25) is 0 Å². The summed E-state index contributed by atoms with van der Waals surface area (Å²) in [5, 5.41) is 11.9. The molecule has 0 radical (unpaired) electrons. The summed E-state index contributed by atoms with van der Waals surface area (Å²) in [6, 6.07) is 35.2. The third kappa shape index (κ3) is 13.8. The van der Waals surface area contributed by atoms with Crippen molar-refractivity contribution in [2.75, 3.05) is 0 Å². The van der Waals surface area contributed by atoms with Crippen LogP contribution in [-0.4, -0.2) is 48.2 Å². The molecule has 280 valence electrons. The number of benzene rings is 4. The highest BCUT2D eigenvalue weighted by Gasteiger charge is 2.33. The Morgan fingerprint density at radius 2 is 0.830 bits per heavy atom. The molecule has 0 bridgehead atoms. The molecule has 2 unspecified atom stereocenters. The number of alkyl carbamates (subject to hydrolysis) is 2. The molecule has 4 aromatic rings. The molecular formula is C43H52N4O6. The number of ether oxygens (including phenoxy) is 2. The lowest BCUT2D eigenvalue weighted by molar-refractivity contribution is -0.127. The molecule has 0 aromatic heterocycles. The van der Waals surface area contributed by atoms with Crippen LogP contribution in [0.3, 0.4) is 0 Å². The van der Waals surface area contributed by atoms with E-state index in [4.69, 9.17) is 9.47 Å². The predicted molar refractivity (Wildman–Crippen MR) is 206 cm³/mol. The largest absolute Gasteiger partial charge is 0.445 e. The van der Waals surface area contributed by atoms with Crippen molar-refractivity contribution in [3.05, 3.63) is 144 Å². The molecule has 10 nitrogen and oxygen atoms in total. The van der Waals surface area contributed by atoms with Crippen molar-refractivity contribution in [3.63, 3.8) is 0 Å². The highest BCUT2D eigenvalue weighted by Crippen LogP contribution is 2.16. The first-order valence-corrected chi connectivity index (χ1v) is 18.2. The van der Waals surface area contributed by atoms with Crippen molar-refractivity contribution in [3.8, 4) is 0 Å². The van der Waals surface area contributed by atoms with Crippen LogP contribution >= 0.6 is 0 Å². The number of carbonyl (C=O) groups is 4. The highest BCUT2D eigenvalue weighted by atomic mass is 16.6. The van der Waals surface area contributed by atoms with Crippen LogP contribution in [0.15, 0.2) is 121 Å². The van der Waals surface area contributed by atoms with Gasteiger partial charge in [0, 0.05) is 6.04 Å². The first-order chi connectivity index (χ1) is 25.6. The lowest BCUT2D eigenvalue weighted by atomic mass is 9.92. The highest BCUT2D eigenvalue weighted by molar-refractivity contribution is 5.87. The number of aryl methyl sites for hydroxylation is 1. The molecule has 4 rings (SSSR count). The second kappa shape index (κ2) is 21.0. The lowest BCUT2D eigenvalue weighted by Crippen LogP contribution is -2.60. The summed E-state index contributed by atoms with van der Waals surface area (Å²) in [6.45, 7) is 7.51. The van der Waals surface area contributed by atoms with Crippen LogP contribution in [0.4, 0.5) is 9.59 Å². The molecule has 0 heterocycles. The molecule has 4 aromatic carbocycles. The quantitative estimate of drug-likeness (QED) is 0.0901. The van der Waals surface area contributed by atoms with E-state index in [9.17, 15) is 19.2 Å². The average molecular weight is 721 g/mol. The maximum Gasteiger partial charge on any atom is 0.408 e. The fourth-order valence-corrected chi connectivity index (χ4v) is 5.90. The van der Waals surface area contributed by atoms with Gasteiger partial charge in [-0.05, 0) is 53.4 Å². The van der Waals surface area contributed by atoms with Crippen molar-refractivity contribution in [2.45, 2.75) is 84.3 Å². The second-order valence-electron chi connectivity index (χ2n) is 13.8. The number of amides is 4. The minimum Gasteiger partial charge on any atom is -0.445 e. The van der Waals surface area contributed by atoms with Crippen LogP contribution in [0.1, 0.15) is 56.4 Å². The number of hydrogen-bond acceptors (Lipinski definition) is 6. The van der Waals surface area contributed by atoms with E-state index in [1.54, 1.807) is 0 Å². The van der Waals surface area contributed by atoms with Gasteiger partial charge in [-0.2, -0.15) is 0 Å². The van der Waals surface area contributed by atoms with Crippen LogP contribution in [0, 0.1) is 11.8 Å². The first-order valence-electron chi connectivity index (χ1n) is 18.2. The van der Waals surface area contributed by atoms with Gasteiger partial charge in [-0.25, -0.2) is 9.59 Å². The van der Waals surface area contributed by atoms with Gasteiger partial charge in [0.05, 0.1) is 6.04 Å². The second-order valence-corrected chi connectivity index (χ2v) is 13.8. The molecule has 4 N–H and O–H groups in total. The molecule has 10 heteroatoms. The molecule has 0 saturated carbocycles. The number of rotatable bonds is 18. The van der Waals surface area contributed by atoms with E-state index in [-0.39, 0.29) is 25.0 Å². The van der Waals surface area contributed by atoms with E-state index in [0.717, 1.165) is 22.3 Å². The Bertz CT molecular complexity index is 1700. The summed E-state index contributed by atoms with van der Waals surface area (Å²) in [7, 11) is 0. The van der Waals surface area contributed by atoms with Gasteiger partial charge in [0.15, 0.2) is 0 Å². The zero-order chi connectivity index (χ0) is 38.0. The Labute approximate surface area is 313 Å². The van der Waals surface area contributed by atoms with E-state index in [0.29, 0.717) is 19.3 Å². The standard InChI is InChI=1S/C43H52N4O6/c1-30(2)38(46-42(50)52-28-34-21-13-7-14-22-34)40(48)44-36(26-25-32-17-9-5-10-18-32)37(27-33-19-11-6-12-20-33)45-41(49)39(31(3)4)47-43(51)53-29-35-23-15-8-16-24-35/h5-24,30-31,36-39H,25-29H2,1-4H3,(H,44,48)(H,45,49)(H,46,50)(H,47,51)/t36?,37?,38-,39-/m0/s1. The molecule has 0 saturated heterocycles. The number of hydrogen-bond donors (Lipinski definition) is 4. The average Bonchev–Trinajstić information content (AvgIpc) is 3.17. The Morgan fingerprint density at radius 3 is 1.23 bits per heavy atom. The topological polar surface area (TPSA) is 135 Å². The van der Waals surface area contributed by atoms with Crippen molar-refractivity contribution >= 4 is 24.0 Å². The molecular weight excluding hydrogens is 668 g/mol. The molecule has 53 heavy (non-hydrogen) atoms. The maximum atomic E-state index is 14.1. The molecule has 0 fully saturated rings. The summed E-state index contributed by atoms with van der Waals surface area (Å²) in [5.41, 5.74) is 3.68. The predicted octanol–water partition coefficient (Wildman–Crippen LogP) is 6.73. The number of carbonyl (C=O) groups excluding carboxylic acids is 4. The van der Waals surface area contributed by atoms with E-state index in [1.165, 1.54) is 0 Å². The summed E-state index contributed by atoms with van der Waals surface area (Å²) in [5.74, 6) is -1.34. The third-order valence-corrected chi connectivity index (χ3v) is 8.90. The van der Waals surface area contributed by atoms with Gasteiger partial charge in [0.1, 0.15) is 25.3 Å². The smallest absolute Gasteiger partial charge is 0.408 e. The maximum absolute atomic E-state index is 14.1. The fourth-order valence-electron chi connectivity index (χ4n) is 5.90. The Hall–Kier alpha value is -5.64. The molecule has 0 aliphatic rings. The Balaban J connectivity index is 1.55.